The number of carbonyl (C=O) groups is 13. The van der Waals surface area contributed by atoms with Crippen LogP contribution in [-0.2, 0) is 74.1 Å². The number of aromatic amines is 3. The van der Waals surface area contributed by atoms with Crippen molar-refractivity contribution in [2.75, 3.05) is 76.3 Å². The molecule has 14 N–H and O–H groups in total. The van der Waals surface area contributed by atoms with Gasteiger partial charge in [-0.2, -0.15) is 13.4 Å². The van der Waals surface area contributed by atoms with Crippen LogP contribution in [0.3, 0.4) is 0 Å². The van der Waals surface area contributed by atoms with Crippen molar-refractivity contribution in [1.82, 2.24) is 66.6 Å². The summed E-state index contributed by atoms with van der Waals surface area (Å²) in [7, 11) is 3.81. The summed E-state index contributed by atoms with van der Waals surface area (Å²) in [5.74, 6) is -16.7. The number of ketones is 4. The number of aliphatic carboxylic acids is 2. The zero-order valence-electron chi connectivity index (χ0n) is 66.7. The predicted molar refractivity (Wildman–Crippen MR) is 434 cm³/mol. The number of nitrogens with two attached hydrogens (primary N) is 1. The maximum Gasteiger partial charge on any atom is 0.326 e. The molecule has 118 heavy (non-hydrogen) atoms. The normalized spacial score (nSPS) is 16.7. The second-order valence-electron chi connectivity index (χ2n) is 30.1. The number of amides is 5. The molecule has 9 rings (SSSR count). The first-order valence-electron chi connectivity index (χ1n) is 38.1. The molecule has 1 aromatic carbocycles. The molecular weight excluding hydrogens is 1590 g/mol. The standard InChI is InChI=1S/C78H96N16O21S3/c1-11-49-37(2)52-32-57-62(41(6)95)39(4)54(86-57)30-53-38(3)50(66(88-53)64-65(77(110)114-10)69(101)63-40(5)55(89-67(63)64)31-56(49)85-52)19-21-59(98)87-58(33-60(99)93-94(7,8)9)73(104)80-22-12-13-61(100)115-24-25-116-117-36-44(75(106)107)29-48(97)28-43(71(102)81-23-26-118(111,112)113)27-47(96)18-20-51(76(108)109)90-72(103)42-14-16-45(17-15-42)82-34-46-35-83-70-68(84-46)74(105)92-78(79)91-70/h14-17,30-32,35,37-38,43-44,49-51,58,65H,11-13,18-29,33-34,36H2,1-10H3,(H13-,79,80,81,82,83,84,85,86,87,88,89,90,91,92,93,95,98,99,101,102,103,104,105,106,107,108,109,111,112,113)/p+1/t37-,38+,43+,44+,49-,50+,51+,58?,65?/m1/s1. The van der Waals surface area contributed by atoms with Gasteiger partial charge >= 0.3 is 23.9 Å². The summed E-state index contributed by atoms with van der Waals surface area (Å²) in [6.07, 6.45) is -1.67. The van der Waals surface area contributed by atoms with E-state index in [0.29, 0.717) is 72.7 Å². The smallest absolute Gasteiger partial charge is 0.326 e. The Bertz CT molecular complexity index is 5300. The van der Waals surface area contributed by atoms with Gasteiger partial charge in [-0.25, -0.2) is 24.8 Å². The number of rotatable bonds is 41. The molecule has 8 bridgehead atoms. The molecule has 0 radical (unpaired) electrons. The molecule has 9 atom stereocenters. The number of fused-ring (bicyclic) bond motifs is 9. The number of nitrogens with one attached hydrogen (secondary N) is 9. The largest absolute Gasteiger partial charge is 0.481 e. The van der Waals surface area contributed by atoms with Crippen molar-refractivity contribution < 1.29 is 99.6 Å². The lowest BCUT2D eigenvalue weighted by Gasteiger charge is -2.25. The van der Waals surface area contributed by atoms with E-state index in [1.165, 1.54) is 44.5 Å². The summed E-state index contributed by atoms with van der Waals surface area (Å²) in [4.78, 5) is 219. The van der Waals surface area contributed by atoms with E-state index < -0.39 is 179 Å². The molecule has 40 heteroatoms. The maximum absolute atomic E-state index is 14.7. The molecule has 0 saturated carbocycles. The highest BCUT2D eigenvalue weighted by Crippen LogP contribution is 2.49. The number of aromatic nitrogens is 8. The second kappa shape index (κ2) is 39.7. The highest BCUT2D eigenvalue weighted by molar-refractivity contribution is 8.76. The Hall–Kier alpha value is -11.4. The van der Waals surface area contributed by atoms with Crippen LogP contribution in [0.5, 0.6) is 0 Å². The molecule has 5 aromatic heterocycles. The number of carboxylic acids is 2. The van der Waals surface area contributed by atoms with Gasteiger partial charge in [0, 0.05) is 143 Å². The lowest BCUT2D eigenvalue weighted by Crippen LogP contribution is -2.55. The van der Waals surface area contributed by atoms with Gasteiger partial charge in [-0.1, -0.05) is 42.4 Å². The Morgan fingerprint density at radius 1 is 0.720 bits per heavy atom. The van der Waals surface area contributed by atoms with Crippen molar-refractivity contribution in [3.05, 3.63) is 121 Å². The average Bonchev–Trinajstić information content (AvgIpc) is 1.56. The molecule has 632 valence electrons. The van der Waals surface area contributed by atoms with Crippen LogP contribution in [0.4, 0.5) is 11.6 Å². The Morgan fingerprint density at radius 3 is 2.05 bits per heavy atom. The third kappa shape index (κ3) is 23.5. The van der Waals surface area contributed by atoms with Gasteiger partial charge in [0.1, 0.15) is 36.2 Å². The summed E-state index contributed by atoms with van der Waals surface area (Å²) < 4.78 is 42.7. The topological polar surface area (TPSA) is 562 Å². The number of carbonyl (C=O) groups excluding carboxylic acids is 11. The highest BCUT2D eigenvalue weighted by Gasteiger charge is 2.46. The fraction of sp³-hybridized carbons (Fsp3) is 0.474. The van der Waals surface area contributed by atoms with Crippen molar-refractivity contribution in [1.29, 1.82) is 0 Å². The number of ether oxygens (including phenoxy) is 2. The highest BCUT2D eigenvalue weighted by atomic mass is 33.1. The lowest BCUT2D eigenvalue weighted by molar-refractivity contribution is -0.906. The summed E-state index contributed by atoms with van der Waals surface area (Å²) in [6.45, 7) is 10.4. The number of nitrogens with zero attached hydrogens (tertiary/aromatic N) is 6. The number of Topliss-reactive ketones (excluding diaryl/α,β-unsaturated/α-hetero) is 4. The Morgan fingerprint density at radius 2 is 1.38 bits per heavy atom. The number of hydrogen-bond donors (Lipinski definition) is 13. The van der Waals surface area contributed by atoms with Crippen molar-refractivity contribution in [3.8, 4) is 0 Å². The second-order valence-corrected chi connectivity index (χ2v) is 34.3. The number of benzene rings is 1. The number of aryl methyl sites for hydroxylation is 2. The third-order valence-corrected chi connectivity index (χ3v) is 23.6. The van der Waals surface area contributed by atoms with E-state index in [9.17, 15) is 90.3 Å². The number of methoxy groups -OCH3 is 1. The van der Waals surface area contributed by atoms with E-state index in [2.05, 4.69) is 75.8 Å². The molecule has 0 saturated heterocycles. The number of nitrogen functional groups attached to an aromatic ring is 1. The number of hydrogen-bond acceptors (Lipinski definition) is 27. The number of esters is 2. The van der Waals surface area contributed by atoms with Crippen molar-refractivity contribution in [2.45, 2.75) is 160 Å². The molecule has 37 nitrogen and oxygen atoms in total. The van der Waals surface area contributed by atoms with Gasteiger partial charge in [-0.15, -0.1) is 0 Å². The lowest BCUT2D eigenvalue weighted by atomic mass is 9.83. The maximum atomic E-state index is 14.7. The molecule has 5 amide bonds. The minimum absolute atomic E-state index is 0.0106. The zero-order valence-corrected chi connectivity index (χ0v) is 69.2. The molecule has 1 aliphatic carbocycles. The van der Waals surface area contributed by atoms with E-state index in [-0.39, 0.29) is 102 Å². The van der Waals surface area contributed by atoms with E-state index in [1.54, 1.807) is 28.1 Å². The van der Waals surface area contributed by atoms with Gasteiger partial charge in [-0.3, -0.25) is 81.8 Å². The van der Waals surface area contributed by atoms with Crippen molar-refractivity contribution >= 4 is 153 Å². The van der Waals surface area contributed by atoms with Crippen LogP contribution < -0.4 is 43.3 Å². The van der Waals surface area contributed by atoms with Crippen LogP contribution in [-0.4, -0.2) is 221 Å². The molecule has 2 unspecified atom stereocenters. The van der Waals surface area contributed by atoms with Gasteiger partial charge in [0.2, 0.25) is 23.7 Å². The van der Waals surface area contributed by atoms with Crippen LogP contribution >= 0.6 is 21.6 Å². The summed E-state index contributed by atoms with van der Waals surface area (Å²) >= 11 is 0. The van der Waals surface area contributed by atoms with E-state index in [4.69, 9.17) is 25.2 Å². The van der Waals surface area contributed by atoms with Gasteiger partial charge in [0.15, 0.2) is 22.7 Å². The predicted octanol–water partition coefficient (Wildman–Crippen LogP) is 5.50. The summed E-state index contributed by atoms with van der Waals surface area (Å²) in [6, 6.07) is 8.42. The molecule has 7 heterocycles. The van der Waals surface area contributed by atoms with Crippen molar-refractivity contribution in [3.63, 3.8) is 0 Å². The molecule has 3 aliphatic rings. The molecule has 0 spiro atoms. The first-order chi connectivity index (χ1) is 55.7. The van der Waals surface area contributed by atoms with Gasteiger partial charge in [0.25, 0.3) is 27.5 Å². The van der Waals surface area contributed by atoms with Crippen LogP contribution in [0.2, 0.25) is 0 Å². The summed E-state index contributed by atoms with van der Waals surface area (Å²) in [5.41, 5.74) is 15.5. The molecular formula is C78H97N16O21S3+. The first kappa shape index (κ1) is 90.6. The van der Waals surface area contributed by atoms with Crippen LogP contribution in [0, 0.1) is 25.7 Å². The third-order valence-electron chi connectivity index (χ3n) is 20.5. The number of H-pyrrole nitrogens is 3. The Labute approximate surface area is 685 Å². The van der Waals surface area contributed by atoms with Gasteiger partial charge in [0.05, 0.1) is 87.4 Å². The zero-order chi connectivity index (χ0) is 86.4. The summed E-state index contributed by atoms with van der Waals surface area (Å²) in [5, 5.41) is 33.1. The Balaban J connectivity index is 0.757. The molecule has 2 aliphatic heterocycles. The first-order valence-corrected chi connectivity index (χ1v) is 42.2. The van der Waals surface area contributed by atoms with Crippen LogP contribution in [0.1, 0.15) is 204 Å². The average molecular weight is 1690 g/mol. The molecule has 0 fully saturated rings. The number of anilines is 2. The molecule has 6 aromatic rings. The van der Waals surface area contributed by atoms with Crippen LogP contribution in [0.15, 0.2) is 53.5 Å². The number of quaternary nitrogens is 1. The van der Waals surface area contributed by atoms with Crippen molar-refractivity contribution in [2.24, 2.45) is 11.8 Å². The quantitative estimate of drug-likeness (QED) is 0.00329. The SMILES string of the molecule is CC[C@H]1c2cc3[nH]c4c(c3C)C(=O)C(C(=O)OC)c4c3nc(cc4[nH]c(cc(n2)[C@@H]1C)c(C(C)=O)c4C)[C@@H](C)[C@@H]3CCC(=O)NC(CC(=O)N[N+](C)(C)C)C(=O)NCCCC(=O)OCCSSC[C@H](CC(=O)C[C@H](CC(=O)CC[C@H](NC(=O)c1ccc(NCc2cnc3nc(N)[nH]c(=O)c3n2)cc1)C(=O)O)C(=O)NCCS(=O)(=O)O)C(=O)O. The van der Waals surface area contributed by atoms with Gasteiger partial charge in [-0.05, 0) is 100 Å². The minimum Gasteiger partial charge on any atom is -0.481 e. The fourth-order valence-corrected chi connectivity index (χ4v) is 16.9. The minimum atomic E-state index is -4.57. The van der Waals surface area contributed by atoms with Crippen LogP contribution in [0.25, 0.3) is 33.2 Å². The number of carboxylic acid groups (broad SMARTS) is 2. The Kier molecular flexibility index (Phi) is 30.5. The monoisotopic (exact) mass is 1690 g/mol. The van der Waals surface area contributed by atoms with Gasteiger partial charge < -0.3 is 62.0 Å². The van der Waals surface area contributed by atoms with E-state index in [1.807, 2.05) is 32.0 Å². The van der Waals surface area contributed by atoms with E-state index >= 15 is 0 Å². The van der Waals surface area contributed by atoms with E-state index in [0.717, 1.165) is 39.4 Å². The fourth-order valence-electron chi connectivity index (χ4n) is 14.4.